The fourth-order valence-electron chi connectivity index (χ4n) is 2.24. The molecule has 0 atom stereocenters. The fourth-order valence-corrected chi connectivity index (χ4v) is 2.24. The van der Waals surface area contributed by atoms with Crippen molar-refractivity contribution in [3.05, 3.63) is 99.9 Å². The van der Waals surface area contributed by atoms with Crippen LogP contribution in [0.1, 0.15) is 36.6 Å². The minimum absolute atomic E-state index is 0. The summed E-state index contributed by atoms with van der Waals surface area (Å²) in [4.78, 5) is 17.7. The second kappa shape index (κ2) is 13.6. The predicted molar refractivity (Wildman–Crippen MR) is 108 cm³/mol. The summed E-state index contributed by atoms with van der Waals surface area (Å²) in [5, 5.41) is 22.5. The Balaban J connectivity index is 0.000000604. The van der Waals surface area contributed by atoms with Gasteiger partial charge in [0, 0.05) is 18.2 Å². The predicted octanol–water partition coefficient (Wildman–Crippen LogP) is 1.35. The number of aliphatic imine (C=N–C) groups is 1. The van der Waals surface area contributed by atoms with Crippen molar-refractivity contribution >= 4 is 17.3 Å². The number of nitro groups is 1. The maximum atomic E-state index is 11.7. The van der Waals surface area contributed by atoms with Crippen LogP contribution in [0.5, 0.6) is 0 Å². The molecule has 0 N–H and O–H groups in total. The maximum absolute atomic E-state index is 11.7. The Bertz CT molecular complexity index is 949. The van der Waals surface area contributed by atoms with Crippen LogP contribution in [0.25, 0.3) is 0 Å². The summed E-state index contributed by atoms with van der Waals surface area (Å²) < 4.78 is 0. The smallest absolute Gasteiger partial charge is 1.00 e. The zero-order valence-electron chi connectivity index (χ0n) is 16.7. The number of hydrogen-bond acceptors (Lipinski definition) is 5. The van der Waals surface area contributed by atoms with Gasteiger partial charge in [-0.3, -0.25) is 20.1 Å². The van der Waals surface area contributed by atoms with Crippen LogP contribution in [0.4, 0.5) is 11.4 Å². The molecule has 6 nitrogen and oxygen atoms in total. The monoisotopic (exact) mass is 602 g/mol. The molecular weight excluding hydrogens is 580 g/mol. The Morgan fingerprint density at radius 1 is 1.10 bits per heavy atom. The van der Waals surface area contributed by atoms with E-state index >= 15 is 0 Å². The van der Waals surface area contributed by atoms with Crippen LogP contribution < -0.4 is 17.5 Å². The molecule has 0 fully saturated rings. The van der Waals surface area contributed by atoms with Gasteiger partial charge in [-0.05, 0) is 18.2 Å². The summed E-state index contributed by atoms with van der Waals surface area (Å²) in [6.45, 7) is 6.45. The minimum Gasteiger partial charge on any atom is -1.00 e. The van der Waals surface area contributed by atoms with Gasteiger partial charge in [0.1, 0.15) is 5.69 Å². The minimum atomic E-state index is -0.607. The molecule has 1 aromatic heterocycles. The molecule has 3 aromatic rings. The van der Waals surface area contributed by atoms with Crippen molar-refractivity contribution < 1.29 is 42.2 Å². The fraction of sp³-hybridized carbons (Fsp3) is 0.182. The van der Waals surface area contributed by atoms with E-state index < -0.39 is 10.8 Å². The van der Waals surface area contributed by atoms with Crippen LogP contribution in [-0.2, 0) is 19.8 Å². The second-order valence-corrected chi connectivity index (χ2v) is 6.34. The number of halogens is 1. The number of pyridine rings is 1. The zero-order valence-corrected chi connectivity index (χ0v) is 20.0. The molecule has 0 saturated heterocycles. The summed E-state index contributed by atoms with van der Waals surface area (Å²) in [6, 6.07) is 20.1. The molecule has 0 aliphatic rings. The summed E-state index contributed by atoms with van der Waals surface area (Å²) in [5.41, 5.74) is 2.55. The van der Waals surface area contributed by atoms with Crippen molar-refractivity contribution in [1.82, 2.24) is 4.98 Å². The van der Waals surface area contributed by atoms with Crippen molar-refractivity contribution in [2.75, 3.05) is 0 Å². The molecule has 0 bridgehead atoms. The standard InChI is InChI=1S/C12H9N3O3.C10H13.ClH.Os/c16-12(10-6-3-4-8-13-10)14-9-5-1-2-7-11(9)15(17)18;1-8(2)10-6-4-9(3)5-7-10;;/h1-8H,(H,14,16);4,6-8H,1-3H3;1H;/q;-1;;+2/p-2. The first-order chi connectivity index (χ1) is 13.4. The van der Waals surface area contributed by atoms with Crippen molar-refractivity contribution in [3.63, 3.8) is 0 Å². The van der Waals surface area contributed by atoms with Crippen LogP contribution in [0.15, 0.2) is 71.9 Å². The molecular formula is C22H21ClN3O3Os-. The van der Waals surface area contributed by atoms with Gasteiger partial charge in [-0.15, -0.1) is 0 Å². The van der Waals surface area contributed by atoms with Gasteiger partial charge in [-0.25, -0.2) is 0 Å². The molecule has 2 aromatic carbocycles. The molecule has 158 valence electrons. The first kappa shape index (κ1) is 27.4. The Hall–Kier alpha value is -2.61. The third-order valence-electron chi connectivity index (χ3n) is 3.84. The molecule has 30 heavy (non-hydrogen) atoms. The van der Waals surface area contributed by atoms with E-state index in [9.17, 15) is 15.2 Å². The van der Waals surface area contributed by atoms with E-state index in [1.54, 1.807) is 18.2 Å². The summed E-state index contributed by atoms with van der Waals surface area (Å²) in [6.07, 6.45) is 1.46. The number of aryl methyl sites for hydroxylation is 1. The van der Waals surface area contributed by atoms with Gasteiger partial charge in [-0.2, -0.15) is 35.4 Å². The first-order valence-corrected chi connectivity index (χ1v) is 8.77. The SMILES string of the molecule is Cc1[c-]cc(C(C)C)cc1.O=[N+]([O-])c1ccccc1N=C([O-])c1ccccn1.[Cl-].[Os+2]. The van der Waals surface area contributed by atoms with Crippen LogP contribution in [0, 0.1) is 23.1 Å². The maximum Gasteiger partial charge on any atom is 2.00 e. The molecule has 1 heterocycles. The number of benzene rings is 2. The molecule has 0 aliphatic heterocycles. The van der Waals surface area contributed by atoms with Crippen molar-refractivity contribution in [3.8, 4) is 0 Å². The van der Waals surface area contributed by atoms with Gasteiger partial charge in [0.05, 0.1) is 10.6 Å². The van der Waals surface area contributed by atoms with Gasteiger partial charge in [0.2, 0.25) is 0 Å². The largest absolute Gasteiger partial charge is 2.00 e. The number of para-hydroxylation sites is 2. The van der Waals surface area contributed by atoms with E-state index in [1.807, 2.05) is 0 Å². The Labute approximate surface area is 195 Å². The van der Waals surface area contributed by atoms with E-state index in [2.05, 4.69) is 55.0 Å². The van der Waals surface area contributed by atoms with E-state index in [0.717, 1.165) is 0 Å². The van der Waals surface area contributed by atoms with Crippen molar-refractivity contribution in [2.24, 2.45) is 4.99 Å². The molecule has 0 aliphatic carbocycles. The van der Waals surface area contributed by atoms with E-state index in [-0.39, 0.29) is 49.3 Å². The van der Waals surface area contributed by atoms with Crippen LogP contribution in [0.3, 0.4) is 0 Å². The number of rotatable bonds is 4. The normalized spacial score (nSPS) is 10.2. The number of hydrogen-bond donors (Lipinski definition) is 0. The molecule has 3 rings (SSSR count). The first-order valence-electron chi connectivity index (χ1n) is 8.77. The summed E-state index contributed by atoms with van der Waals surface area (Å²) in [7, 11) is 0. The Morgan fingerprint density at radius 2 is 1.77 bits per heavy atom. The zero-order chi connectivity index (χ0) is 20.5. The molecule has 0 radical (unpaired) electrons. The van der Waals surface area contributed by atoms with Crippen molar-refractivity contribution in [1.29, 1.82) is 0 Å². The average Bonchev–Trinajstić information content (AvgIpc) is 2.69. The van der Waals surface area contributed by atoms with Gasteiger partial charge >= 0.3 is 19.8 Å². The Kier molecular flexibility index (Phi) is 12.4. The topological polar surface area (TPSA) is 91.5 Å². The average molecular weight is 601 g/mol. The van der Waals surface area contributed by atoms with E-state index in [4.69, 9.17) is 0 Å². The van der Waals surface area contributed by atoms with Gasteiger partial charge in [0.15, 0.2) is 0 Å². The van der Waals surface area contributed by atoms with Gasteiger partial charge < -0.3 is 17.5 Å². The van der Waals surface area contributed by atoms with Gasteiger partial charge in [-0.1, -0.05) is 44.9 Å². The van der Waals surface area contributed by atoms with Crippen LogP contribution >= 0.6 is 0 Å². The third kappa shape index (κ3) is 8.40. The molecule has 0 unspecified atom stereocenters. The Morgan fingerprint density at radius 3 is 2.30 bits per heavy atom. The number of nitrogens with zero attached hydrogens (tertiary/aromatic N) is 3. The molecule has 0 amide bonds. The molecule has 0 saturated carbocycles. The summed E-state index contributed by atoms with van der Waals surface area (Å²) >= 11 is 0. The van der Waals surface area contributed by atoms with E-state index in [0.29, 0.717) is 5.92 Å². The van der Waals surface area contributed by atoms with Crippen molar-refractivity contribution in [2.45, 2.75) is 26.7 Å². The quantitative estimate of drug-likeness (QED) is 0.149. The second-order valence-electron chi connectivity index (χ2n) is 6.34. The number of aromatic nitrogens is 1. The van der Waals surface area contributed by atoms with E-state index in [1.165, 1.54) is 41.6 Å². The van der Waals surface area contributed by atoms with Gasteiger partial charge in [0.25, 0.3) is 5.69 Å². The molecule has 8 heteroatoms. The molecule has 0 spiro atoms. The van der Waals surface area contributed by atoms with Crippen LogP contribution in [0.2, 0.25) is 0 Å². The summed E-state index contributed by atoms with van der Waals surface area (Å²) in [5.74, 6) is 0.0155. The van der Waals surface area contributed by atoms with Crippen LogP contribution in [-0.4, -0.2) is 15.8 Å². The third-order valence-corrected chi connectivity index (χ3v) is 3.84. The number of nitro benzene ring substituents is 1.